The molecule has 1 unspecified atom stereocenters. The first kappa shape index (κ1) is 16.3. The normalized spacial score (nSPS) is 23.5. The second kappa shape index (κ2) is 6.93. The van der Waals surface area contributed by atoms with E-state index < -0.39 is 0 Å². The Morgan fingerprint density at radius 2 is 2.39 bits per heavy atom. The predicted molar refractivity (Wildman–Crippen MR) is 93.3 cm³/mol. The predicted octanol–water partition coefficient (Wildman–Crippen LogP) is 1.52. The van der Waals surface area contributed by atoms with Crippen molar-refractivity contribution in [2.24, 2.45) is 10.4 Å². The molecule has 0 aliphatic carbocycles. The van der Waals surface area contributed by atoms with Gasteiger partial charge in [-0.05, 0) is 18.6 Å². The lowest BCUT2D eigenvalue weighted by atomic mass is 9.89. The quantitative estimate of drug-likeness (QED) is 0.644. The number of ether oxygens (including phenoxy) is 1. The number of aromatic nitrogens is 1. The van der Waals surface area contributed by atoms with Crippen molar-refractivity contribution in [3.05, 3.63) is 23.4 Å². The van der Waals surface area contributed by atoms with E-state index in [9.17, 15) is 0 Å². The Morgan fingerprint density at radius 3 is 3.04 bits per heavy atom. The summed E-state index contributed by atoms with van der Waals surface area (Å²) in [5.41, 5.74) is 0.223. The molecule has 2 N–H and O–H groups in total. The number of rotatable bonds is 4. The summed E-state index contributed by atoms with van der Waals surface area (Å²) in [6, 6.07) is 4.07. The number of hydrogen-bond donors (Lipinski definition) is 2. The van der Waals surface area contributed by atoms with Crippen molar-refractivity contribution < 1.29 is 4.74 Å². The smallest absolute Gasteiger partial charge is 0.191 e. The number of halogens is 1. The molecule has 2 saturated heterocycles. The zero-order valence-electron chi connectivity index (χ0n) is 13.7. The van der Waals surface area contributed by atoms with Gasteiger partial charge in [0.15, 0.2) is 5.96 Å². The summed E-state index contributed by atoms with van der Waals surface area (Å²) in [5, 5.41) is 7.60. The van der Waals surface area contributed by atoms with Crippen LogP contribution in [-0.4, -0.2) is 56.9 Å². The van der Waals surface area contributed by atoms with Crippen LogP contribution in [0.3, 0.4) is 0 Å². The third kappa shape index (κ3) is 3.87. The highest BCUT2D eigenvalue weighted by atomic mass is 35.5. The molecule has 3 heterocycles. The van der Waals surface area contributed by atoms with Crippen molar-refractivity contribution in [3.8, 4) is 0 Å². The standard InChI is InChI=1S/C16H24ClN5O/c1-16(10-23-11-16)9-20-15(18-2)21-12-5-7-22(8-12)14-13(17)4-3-6-19-14/h3-4,6,12H,5,7-11H2,1-2H3,(H2,18,20,21). The molecule has 7 heteroatoms. The third-order valence-electron chi connectivity index (χ3n) is 4.37. The second-order valence-corrected chi connectivity index (χ2v) is 7.02. The molecule has 1 atom stereocenters. The molecule has 23 heavy (non-hydrogen) atoms. The molecule has 1 aromatic heterocycles. The molecule has 2 aliphatic heterocycles. The summed E-state index contributed by atoms with van der Waals surface area (Å²) < 4.78 is 5.29. The van der Waals surface area contributed by atoms with Gasteiger partial charge in [-0.15, -0.1) is 0 Å². The average molecular weight is 338 g/mol. The fourth-order valence-electron chi connectivity index (χ4n) is 2.92. The largest absolute Gasteiger partial charge is 0.380 e. The van der Waals surface area contributed by atoms with Crippen LogP contribution in [0.1, 0.15) is 13.3 Å². The van der Waals surface area contributed by atoms with E-state index in [0.717, 1.165) is 51.0 Å². The second-order valence-electron chi connectivity index (χ2n) is 6.61. The number of aliphatic imine (C=N–C) groups is 1. The summed E-state index contributed by atoms with van der Waals surface area (Å²) in [7, 11) is 1.80. The lowest BCUT2D eigenvalue weighted by molar-refractivity contribution is -0.0971. The molecule has 0 bridgehead atoms. The van der Waals surface area contributed by atoms with Crippen molar-refractivity contribution in [1.82, 2.24) is 15.6 Å². The average Bonchev–Trinajstić information content (AvgIpc) is 2.98. The molecule has 0 spiro atoms. The zero-order valence-corrected chi connectivity index (χ0v) is 14.4. The highest BCUT2D eigenvalue weighted by Gasteiger charge is 2.33. The molecule has 0 saturated carbocycles. The Kier molecular flexibility index (Phi) is 4.92. The Hall–Kier alpha value is -1.53. The lowest BCUT2D eigenvalue weighted by Gasteiger charge is -2.38. The van der Waals surface area contributed by atoms with Gasteiger partial charge in [0, 0.05) is 44.3 Å². The van der Waals surface area contributed by atoms with Gasteiger partial charge in [0.25, 0.3) is 0 Å². The van der Waals surface area contributed by atoms with E-state index in [1.165, 1.54) is 0 Å². The van der Waals surface area contributed by atoms with Crippen molar-refractivity contribution in [1.29, 1.82) is 0 Å². The minimum Gasteiger partial charge on any atom is -0.380 e. The van der Waals surface area contributed by atoms with Gasteiger partial charge in [0.1, 0.15) is 5.82 Å². The van der Waals surface area contributed by atoms with E-state index in [0.29, 0.717) is 11.1 Å². The number of anilines is 1. The first-order valence-corrected chi connectivity index (χ1v) is 8.38. The Bertz CT molecular complexity index is 575. The molecule has 0 aromatic carbocycles. The molecule has 0 radical (unpaired) electrons. The van der Waals surface area contributed by atoms with Crippen LogP contribution in [0.15, 0.2) is 23.3 Å². The van der Waals surface area contributed by atoms with Gasteiger partial charge >= 0.3 is 0 Å². The van der Waals surface area contributed by atoms with Crippen LogP contribution in [0.4, 0.5) is 5.82 Å². The first-order valence-electron chi connectivity index (χ1n) is 8.00. The SMILES string of the molecule is CN=C(NCC1(C)COC1)NC1CCN(c2ncccc2Cl)C1. The summed E-state index contributed by atoms with van der Waals surface area (Å²) >= 11 is 6.23. The molecule has 1 aromatic rings. The summed E-state index contributed by atoms with van der Waals surface area (Å²) in [6.07, 6.45) is 2.82. The molecule has 0 amide bonds. The van der Waals surface area contributed by atoms with Crippen molar-refractivity contribution >= 4 is 23.4 Å². The summed E-state index contributed by atoms with van der Waals surface area (Å²) in [4.78, 5) is 10.9. The minimum atomic E-state index is 0.223. The summed E-state index contributed by atoms with van der Waals surface area (Å²) in [5.74, 6) is 1.71. The fraction of sp³-hybridized carbons (Fsp3) is 0.625. The zero-order chi connectivity index (χ0) is 16.3. The highest BCUT2D eigenvalue weighted by molar-refractivity contribution is 6.32. The number of guanidine groups is 1. The van der Waals surface area contributed by atoms with Crippen LogP contribution in [0, 0.1) is 5.41 Å². The van der Waals surface area contributed by atoms with Gasteiger partial charge in [-0.25, -0.2) is 4.98 Å². The third-order valence-corrected chi connectivity index (χ3v) is 4.67. The van der Waals surface area contributed by atoms with Crippen molar-refractivity contribution in [2.45, 2.75) is 19.4 Å². The van der Waals surface area contributed by atoms with Crippen LogP contribution in [0.5, 0.6) is 0 Å². The van der Waals surface area contributed by atoms with Crippen LogP contribution in [0.2, 0.25) is 5.02 Å². The maximum Gasteiger partial charge on any atom is 0.191 e. The molecule has 2 fully saturated rings. The maximum atomic E-state index is 6.23. The molecule has 6 nitrogen and oxygen atoms in total. The number of hydrogen-bond acceptors (Lipinski definition) is 4. The topological polar surface area (TPSA) is 61.8 Å². The van der Waals surface area contributed by atoms with Gasteiger partial charge in [-0.2, -0.15) is 0 Å². The van der Waals surface area contributed by atoms with Crippen LogP contribution in [0.25, 0.3) is 0 Å². The van der Waals surface area contributed by atoms with Gasteiger partial charge < -0.3 is 20.3 Å². The highest BCUT2D eigenvalue weighted by Crippen LogP contribution is 2.26. The van der Waals surface area contributed by atoms with Gasteiger partial charge in [0.05, 0.1) is 18.2 Å². The van der Waals surface area contributed by atoms with E-state index in [2.05, 4.69) is 32.4 Å². The van der Waals surface area contributed by atoms with E-state index in [1.54, 1.807) is 13.2 Å². The van der Waals surface area contributed by atoms with Crippen LogP contribution < -0.4 is 15.5 Å². The van der Waals surface area contributed by atoms with Crippen LogP contribution in [-0.2, 0) is 4.74 Å². The fourth-order valence-corrected chi connectivity index (χ4v) is 3.16. The van der Waals surface area contributed by atoms with Crippen LogP contribution >= 0.6 is 11.6 Å². The Morgan fingerprint density at radius 1 is 1.57 bits per heavy atom. The molecular formula is C16H24ClN5O. The molecular weight excluding hydrogens is 314 g/mol. The minimum absolute atomic E-state index is 0.223. The summed E-state index contributed by atoms with van der Waals surface area (Å²) in [6.45, 7) is 6.53. The number of pyridine rings is 1. The lowest BCUT2D eigenvalue weighted by Crippen LogP contribution is -2.52. The number of nitrogens with one attached hydrogen (secondary N) is 2. The molecule has 126 valence electrons. The van der Waals surface area contributed by atoms with E-state index in [4.69, 9.17) is 16.3 Å². The van der Waals surface area contributed by atoms with Gasteiger partial charge in [-0.3, -0.25) is 4.99 Å². The van der Waals surface area contributed by atoms with E-state index in [-0.39, 0.29) is 5.41 Å². The Balaban J connectivity index is 1.51. The molecule has 2 aliphatic rings. The van der Waals surface area contributed by atoms with Crippen molar-refractivity contribution in [3.63, 3.8) is 0 Å². The number of nitrogens with zero attached hydrogens (tertiary/aromatic N) is 3. The Labute approximate surface area is 142 Å². The van der Waals surface area contributed by atoms with Gasteiger partial charge in [-0.1, -0.05) is 18.5 Å². The first-order chi connectivity index (χ1) is 11.1. The maximum absolute atomic E-state index is 6.23. The molecule has 3 rings (SSSR count). The van der Waals surface area contributed by atoms with Gasteiger partial charge in [0.2, 0.25) is 0 Å². The van der Waals surface area contributed by atoms with Crippen molar-refractivity contribution in [2.75, 3.05) is 44.8 Å². The monoisotopic (exact) mass is 337 g/mol. The van der Waals surface area contributed by atoms with E-state index in [1.807, 2.05) is 12.1 Å². The van der Waals surface area contributed by atoms with E-state index >= 15 is 0 Å².